The Hall–Kier alpha value is -4.37. The van der Waals surface area contributed by atoms with Crippen molar-refractivity contribution in [2.75, 3.05) is 25.4 Å². The topological polar surface area (TPSA) is 107 Å². The number of hydrogen-bond acceptors (Lipinski definition) is 7. The van der Waals surface area contributed by atoms with Crippen LogP contribution >= 0.6 is 11.3 Å². The van der Waals surface area contributed by atoms with Crippen LogP contribution in [0.2, 0.25) is 0 Å². The quantitative estimate of drug-likeness (QED) is 0.224. The molecule has 0 bridgehead atoms. The number of aromatic nitrogens is 1. The van der Waals surface area contributed by atoms with Crippen molar-refractivity contribution in [1.29, 1.82) is 0 Å². The van der Waals surface area contributed by atoms with Crippen molar-refractivity contribution in [2.45, 2.75) is 39.2 Å². The molecular formula is C33H36N4O4S. The zero-order valence-electron chi connectivity index (χ0n) is 24.1. The van der Waals surface area contributed by atoms with E-state index in [9.17, 15) is 9.59 Å². The first kappa shape index (κ1) is 29.1. The van der Waals surface area contributed by atoms with E-state index in [1.54, 1.807) is 28.5 Å². The van der Waals surface area contributed by atoms with Gasteiger partial charge < -0.3 is 25.4 Å². The van der Waals surface area contributed by atoms with Gasteiger partial charge >= 0.3 is 6.09 Å². The standard InChI is InChI=1S/C33H36N4O4S/c1-33(2,3)41-32(39)37-17-7-8-22(20-37)18-35-28(38)16-13-24-19-36-31(34)29-27(21-42-30(24)29)23-11-14-26(15-12-23)40-25-9-5-4-6-10-25/h4-6,9-16,19,21-22H,7-8,17-18,20H2,1-3H3,(H2,34,36)(H,35,38). The SMILES string of the molecule is CC(C)(C)OC(=O)N1CCCC(CNC(=O)C=Cc2cnc(N)c3c(-c4ccc(Oc5ccccc5)cc4)csc23)C1. The maximum atomic E-state index is 12.7. The van der Waals surface area contributed by atoms with Gasteiger partial charge in [-0.1, -0.05) is 30.3 Å². The third-order valence-corrected chi connectivity index (χ3v) is 7.98. The molecule has 0 aliphatic carbocycles. The predicted octanol–water partition coefficient (Wildman–Crippen LogP) is 7.11. The monoisotopic (exact) mass is 584 g/mol. The number of carbonyl (C=O) groups is 2. The number of nitrogens with one attached hydrogen (secondary N) is 1. The number of pyridine rings is 1. The highest BCUT2D eigenvalue weighted by Crippen LogP contribution is 2.39. The Bertz CT molecular complexity index is 1580. The summed E-state index contributed by atoms with van der Waals surface area (Å²) in [6.45, 7) is 7.32. The Morgan fingerprint density at radius 1 is 1.12 bits per heavy atom. The lowest BCUT2D eigenvalue weighted by Crippen LogP contribution is -2.45. The van der Waals surface area contributed by atoms with Crippen molar-refractivity contribution >= 4 is 45.3 Å². The molecule has 42 heavy (non-hydrogen) atoms. The van der Waals surface area contributed by atoms with Crippen molar-refractivity contribution in [1.82, 2.24) is 15.2 Å². The van der Waals surface area contributed by atoms with Gasteiger partial charge in [-0.05, 0) is 80.8 Å². The summed E-state index contributed by atoms with van der Waals surface area (Å²) in [6.07, 6.45) is 6.52. The van der Waals surface area contributed by atoms with Gasteiger partial charge in [0, 0.05) is 53.1 Å². The number of thiophene rings is 1. The van der Waals surface area contributed by atoms with Crippen LogP contribution < -0.4 is 15.8 Å². The van der Waals surface area contributed by atoms with Gasteiger partial charge in [0.15, 0.2) is 0 Å². The molecular weight excluding hydrogens is 548 g/mol. The predicted molar refractivity (Wildman–Crippen MR) is 169 cm³/mol. The molecule has 1 unspecified atom stereocenters. The molecule has 2 aromatic carbocycles. The van der Waals surface area contributed by atoms with Crippen molar-refractivity contribution in [3.8, 4) is 22.6 Å². The third-order valence-electron chi connectivity index (χ3n) is 6.95. The Morgan fingerprint density at radius 2 is 1.86 bits per heavy atom. The minimum Gasteiger partial charge on any atom is -0.457 e. The number of piperidine rings is 1. The number of nitrogen functional groups attached to an aromatic ring is 1. The minimum absolute atomic E-state index is 0.179. The third kappa shape index (κ3) is 7.28. The maximum Gasteiger partial charge on any atom is 0.410 e. The number of likely N-dealkylation sites (tertiary alicyclic amines) is 1. The smallest absolute Gasteiger partial charge is 0.410 e. The normalized spacial score (nSPS) is 15.6. The van der Waals surface area contributed by atoms with Crippen LogP contribution in [0, 0.1) is 5.92 Å². The largest absolute Gasteiger partial charge is 0.457 e. The van der Waals surface area contributed by atoms with Crippen LogP contribution in [-0.4, -0.2) is 47.1 Å². The molecule has 3 N–H and O–H groups in total. The second kappa shape index (κ2) is 12.7. The molecule has 0 saturated carbocycles. The number of hydrogen-bond donors (Lipinski definition) is 2. The number of rotatable bonds is 7. The van der Waals surface area contributed by atoms with E-state index in [2.05, 4.69) is 15.7 Å². The van der Waals surface area contributed by atoms with E-state index in [-0.39, 0.29) is 17.9 Å². The molecule has 1 atom stereocenters. The highest BCUT2D eigenvalue weighted by Gasteiger charge is 2.27. The van der Waals surface area contributed by atoms with Gasteiger partial charge in [0.25, 0.3) is 0 Å². The average molecular weight is 585 g/mol. The molecule has 2 amide bonds. The van der Waals surface area contributed by atoms with Gasteiger partial charge in [-0.25, -0.2) is 9.78 Å². The summed E-state index contributed by atoms with van der Waals surface area (Å²) in [5, 5.41) is 5.91. The lowest BCUT2D eigenvalue weighted by atomic mass is 9.98. The fourth-order valence-electron chi connectivity index (χ4n) is 4.94. The lowest BCUT2D eigenvalue weighted by Gasteiger charge is -2.34. The summed E-state index contributed by atoms with van der Waals surface area (Å²) in [7, 11) is 0. The number of carbonyl (C=O) groups excluding carboxylic acids is 2. The van der Waals surface area contributed by atoms with Crippen LogP contribution in [0.15, 0.2) is 72.3 Å². The Morgan fingerprint density at radius 3 is 2.60 bits per heavy atom. The summed E-state index contributed by atoms with van der Waals surface area (Å²) in [6, 6.07) is 17.5. The number of benzene rings is 2. The van der Waals surface area contributed by atoms with Gasteiger partial charge in [-0.15, -0.1) is 11.3 Å². The Balaban J connectivity index is 1.22. The van der Waals surface area contributed by atoms with E-state index in [0.717, 1.165) is 51.1 Å². The molecule has 8 nitrogen and oxygen atoms in total. The zero-order valence-corrected chi connectivity index (χ0v) is 24.9. The van der Waals surface area contributed by atoms with Gasteiger partial charge in [-0.3, -0.25) is 4.79 Å². The first-order chi connectivity index (χ1) is 20.2. The number of para-hydroxylation sites is 1. The van der Waals surface area contributed by atoms with Gasteiger partial charge in [-0.2, -0.15) is 0 Å². The van der Waals surface area contributed by atoms with Crippen LogP contribution in [-0.2, 0) is 9.53 Å². The van der Waals surface area contributed by atoms with Crippen molar-refractivity contribution < 1.29 is 19.1 Å². The maximum absolute atomic E-state index is 12.7. The molecule has 3 heterocycles. The molecule has 1 aliphatic heterocycles. The minimum atomic E-state index is -0.531. The highest BCUT2D eigenvalue weighted by molar-refractivity contribution is 7.18. The first-order valence-corrected chi connectivity index (χ1v) is 15.0. The van der Waals surface area contributed by atoms with E-state index in [0.29, 0.717) is 25.5 Å². The van der Waals surface area contributed by atoms with Crippen LogP contribution in [0.5, 0.6) is 11.5 Å². The number of nitrogens with two attached hydrogens (primary N) is 1. The molecule has 0 spiro atoms. The van der Waals surface area contributed by atoms with Gasteiger partial charge in [0.1, 0.15) is 22.9 Å². The van der Waals surface area contributed by atoms with Crippen molar-refractivity contribution in [2.24, 2.45) is 5.92 Å². The van der Waals surface area contributed by atoms with E-state index in [1.165, 1.54) is 6.08 Å². The van der Waals surface area contributed by atoms with E-state index in [4.69, 9.17) is 15.2 Å². The molecule has 1 saturated heterocycles. The zero-order chi connectivity index (χ0) is 29.7. The second-order valence-corrected chi connectivity index (χ2v) is 12.3. The molecule has 2 aromatic heterocycles. The van der Waals surface area contributed by atoms with Gasteiger partial charge in [0.05, 0.1) is 0 Å². The molecule has 1 aliphatic rings. The number of nitrogens with zero attached hydrogens (tertiary/aromatic N) is 2. The molecule has 0 radical (unpaired) electrons. The second-order valence-electron chi connectivity index (χ2n) is 11.4. The molecule has 9 heteroatoms. The van der Waals surface area contributed by atoms with Gasteiger partial charge in [0.2, 0.25) is 5.91 Å². The van der Waals surface area contributed by atoms with Crippen molar-refractivity contribution in [3.05, 3.63) is 77.8 Å². The lowest BCUT2D eigenvalue weighted by molar-refractivity contribution is -0.116. The number of anilines is 1. The molecule has 5 rings (SSSR count). The Labute approximate surface area is 250 Å². The van der Waals surface area contributed by atoms with E-state index >= 15 is 0 Å². The Kier molecular flexibility index (Phi) is 8.77. The summed E-state index contributed by atoms with van der Waals surface area (Å²) >= 11 is 1.57. The molecule has 218 valence electrons. The summed E-state index contributed by atoms with van der Waals surface area (Å²) < 4.78 is 12.4. The molecule has 1 fully saturated rings. The van der Waals surface area contributed by atoms with E-state index < -0.39 is 5.60 Å². The number of ether oxygens (including phenoxy) is 2. The first-order valence-electron chi connectivity index (χ1n) is 14.1. The fourth-order valence-corrected chi connectivity index (χ4v) is 6.02. The summed E-state index contributed by atoms with van der Waals surface area (Å²) in [5.41, 5.74) is 8.60. The van der Waals surface area contributed by atoms with E-state index in [1.807, 2.05) is 75.4 Å². The highest BCUT2D eigenvalue weighted by atomic mass is 32.1. The summed E-state index contributed by atoms with van der Waals surface area (Å²) in [5.74, 6) is 1.95. The molecule has 4 aromatic rings. The number of amides is 2. The fraction of sp³-hybridized carbons (Fsp3) is 0.303. The van der Waals surface area contributed by atoms with Crippen molar-refractivity contribution in [3.63, 3.8) is 0 Å². The summed E-state index contributed by atoms with van der Waals surface area (Å²) in [4.78, 5) is 31.3. The van der Waals surface area contributed by atoms with Crippen LogP contribution in [0.3, 0.4) is 0 Å². The van der Waals surface area contributed by atoms with Crippen LogP contribution in [0.4, 0.5) is 10.6 Å². The average Bonchev–Trinajstić information content (AvgIpc) is 3.42. The van der Waals surface area contributed by atoms with Crippen LogP contribution in [0.1, 0.15) is 39.2 Å². The number of fused-ring (bicyclic) bond motifs is 1. The van der Waals surface area contributed by atoms with Crippen LogP contribution in [0.25, 0.3) is 27.3 Å².